The normalized spacial score (nSPS) is 19.6. The number of hydrogen-bond donors (Lipinski definition) is 0. The Morgan fingerprint density at radius 3 is 2.57 bits per heavy atom. The Kier molecular flexibility index (Phi) is 4.94. The minimum atomic E-state index is -0.171. The van der Waals surface area contributed by atoms with Crippen molar-refractivity contribution in [3.8, 4) is 0 Å². The molecule has 0 bridgehead atoms. The summed E-state index contributed by atoms with van der Waals surface area (Å²) >= 11 is 0. The monoisotopic (exact) mass is 200 g/mol. The molecule has 3 heteroatoms. The first kappa shape index (κ1) is 11.5. The zero-order valence-corrected chi connectivity index (χ0v) is 9.12. The van der Waals surface area contributed by atoms with E-state index in [0.717, 1.165) is 19.3 Å². The lowest BCUT2D eigenvalue weighted by Crippen LogP contribution is -2.22. The average molecular weight is 200 g/mol. The molecule has 1 aliphatic rings. The van der Waals surface area contributed by atoms with Gasteiger partial charge < -0.3 is 9.47 Å². The maximum absolute atomic E-state index is 11.1. The van der Waals surface area contributed by atoms with Gasteiger partial charge in [-0.2, -0.15) is 0 Å². The third kappa shape index (κ3) is 3.66. The Morgan fingerprint density at radius 1 is 1.43 bits per heavy atom. The summed E-state index contributed by atoms with van der Waals surface area (Å²) < 4.78 is 10.5. The predicted molar refractivity (Wildman–Crippen MR) is 54.1 cm³/mol. The molecule has 0 aromatic heterocycles. The molecule has 0 heterocycles. The van der Waals surface area contributed by atoms with Gasteiger partial charge in [-0.25, -0.2) is 0 Å². The standard InChI is InChI=1S/C11H20O3/c1-3-9(8-11(12)13-2)14-10-6-4-5-7-10/h9-10H,3-8H2,1-2H3. The van der Waals surface area contributed by atoms with Gasteiger partial charge in [-0.3, -0.25) is 4.79 Å². The van der Waals surface area contributed by atoms with Gasteiger partial charge in [0.25, 0.3) is 0 Å². The SMILES string of the molecule is CCC(CC(=O)OC)OC1CCCC1. The molecule has 1 fully saturated rings. The lowest BCUT2D eigenvalue weighted by Gasteiger charge is -2.19. The van der Waals surface area contributed by atoms with Crippen LogP contribution in [0.4, 0.5) is 0 Å². The molecule has 1 rings (SSSR count). The average Bonchev–Trinajstić information content (AvgIpc) is 2.69. The highest BCUT2D eigenvalue weighted by atomic mass is 16.5. The lowest BCUT2D eigenvalue weighted by atomic mass is 10.2. The van der Waals surface area contributed by atoms with Gasteiger partial charge in [0.15, 0.2) is 0 Å². The van der Waals surface area contributed by atoms with Crippen LogP contribution in [0.25, 0.3) is 0 Å². The van der Waals surface area contributed by atoms with Crippen molar-refractivity contribution in [1.29, 1.82) is 0 Å². The molecule has 0 spiro atoms. The largest absolute Gasteiger partial charge is 0.469 e. The van der Waals surface area contributed by atoms with Crippen molar-refractivity contribution in [2.24, 2.45) is 0 Å². The molecule has 0 aromatic carbocycles. The summed E-state index contributed by atoms with van der Waals surface area (Å²) in [5.41, 5.74) is 0. The van der Waals surface area contributed by atoms with Crippen LogP contribution in [0.2, 0.25) is 0 Å². The second kappa shape index (κ2) is 6.02. The number of ether oxygens (including phenoxy) is 2. The third-order valence-corrected chi connectivity index (χ3v) is 2.76. The Hall–Kier alpha value is -0.570. The van der Waals surface area contributed by atoms with E-state index >= 15 is 0 Å². The van der Waals surface area contributed by atoms with Crippen LogP contribution in [-0.2, 0) is 14.3 Å². The number of carbonyl (C=O) groups excluding carboxylic acids is 1. The van der Waals surface area contributed by atoms with Gasteiger partial charge in [-0.05, 0) is 19.3 Å². The molecule has 82 valence electrons. The van der Waals surface area contributed by atoms with Gasteiger partial charge in [0, 0.05) is 0 Å². The van der Waals surface area contributed by atoms with Crippen molar-refractivity contribution in [1.82, 2.24) is 0 Å². The second-order valence-corrected chi connectivity index (χ2v) is 3.85. The van der Waals surface area contributed by atoms with Gasteiger partial charge in [-0.1, -0.05) is 19.8 Å². The van der Waals surface area contributed by atoms with Crippen molar-refractivity contribution in [2.75, 3.05) is 7.11 Å². The summed E-state index contributed by atoms with van der Waals surface area (Å²) in [6, 6.07) is 0. The lowest BCUT2D eigenvalue weighted by molar-refractivity contribution is -0.145. The van der Waals surface area contributed by atoms with Crippen LogP contribution in [0.15, 0.2) is 0 Å². The molecule has 1 saturated carbocycles. The van der Waals surface area contributed by atoms with E-state index in [-0.39, 0.29) is 12.1 Å². The molecular formula is C11H20O3. The van der Waals surface area contributed by atoms with Crippen molar-refractivity contribution in [3.63, 3.8) is 0 Å². The van der Waals surface area contributed by atoms with E-state index in [1.54, 1.807) is 0 Å². The predicted octanol–water partition coefficient (Wildman–Crippen LogP) is 2.29. The number of hydrogen-bond acceptors (Lipinski definition) is 3. The Balaban J connectivity index is 2.26. The summed E-state index contributed by atoms with van der Waals surface area (Å²) in [5, 5.41) is 0. The first-order chi connectivity index (χ1) is 6.76. The van der Waals surface area contributed by atoms with E-state index in [2.05, 4.69) is 4.74 Å². The molecule has 1 unspecified atom stereocenters. The molecular weight excluding hydrogens is 180 g/mol. The summed E-state index contributed by atoms with van der Waals surface area (Å²) in [7, 11) is 1.42. The maximum atomic E-state index is 11.1. The van der Waals surface area contributed by atoms with Crippen molar-refractivity contribution >= 4 is 5.97 Å². The van der Waals surface area contributed by atoms with Crippen molar-refractivity contribution in [3.05, 3.63) is 0 Å². The van der Waals surface area contributed by atoms with E-state index in [4.69, 9.17) is 4.74 Å². The molecule has 14 heavy (non-hydrogen) atoms. The van der Waals surface area contributed by atoms with Crippen LogP contribution in [0.1, 0.15) is 45.4 Å². The molecule has 1 atom stereocenters. The van der Waals surface area contributed by atoms with Crippen molar-refractivity contribution in [2.45, 2.75) is 57.7 Å². The van der Waals surface area contributed by atoms with E-state index in [1.165, 1.54) is 20.0 Å². The summed E-state index contributed by atoms with van der Waals surface area (Å²) in [4.78, 5) is 11.1. The summed E-state index contributed by atoms with van der Waals surface area (Å²) in [6.07, 6.45) is 6.53. The first-order valence-corrected chi connectivity index (χ1v) is 5.48. The smallest absolute Gasteiger partial charge is 0.308 e. The van der Waals surface area contributed by atoms with E-state index in [0.29, 0.717) is 12.5 Å². The highest BCUT2D eigenvalue weighted by molar-refractivity contribution is 5.69. The van der Waals surface area contributed by atoms with Gasteiger partial charge >= 0.3 is 5.97 Å². The zero-order valence-electron chi connectivity index (χ0n) is 9.12. The van der Waals surface area contributed by atoms with E-state index in [9.17, 15) is 4.79 Å². The summed E-state index contributed by atoms with van der Waals surface area (Å²) in [6.45, 7) is 2.04. The Morgan fingerprint density at radius 2 is 2.07 bits per heavy atom. The Bertz CT molecular complexity index is 173. The molecule has 0 aliphatic heterocycles. The topological polar surface area (TPSA) is 35.5 Å². The number of rotatable bonds is 5. The number of methoxy groups -OCH3 is 1. The van der Waals surface area contributed by atoms with Crippen LogP contribution in [0, 0.1) is 0 Å². The minimum absolute atomic E-state index is 0.0468. The highest BCUT2D eigenvalue weighted by Gasteiger charge is 2.21. The maximum Gasteiger partial charge on any atom is 0.308 e. The minimum Gasteiger partial charge on any atom is -0.469 e. The van der Waals surface area contributed by atoms with Crippen LogP contribution in [0.3, 0.4) is 0 Å². The molecule has 0 amide bonds. The molecule has 3 nitrogen and oxygen atoms in total. The second-order valence-electron chi connectivity index (χ2n) is 3.85. The van der Waals surface area contributed by atoms with E-state index in [1.807, 2.05) is 6.92 Å². The van der Waals surface area contributed by atoms with Crippen LogP contribution >= 0.6 is 0 Å². The molecule has 0 radical (unpaired) electrons. The van der Waals surface area contributed by atoms with Gasteiger partial charge in [-0.15, -0.1) is 0 Å². The fraction of sp³-hybridized carbons (Fsp3) is 0.909. The first-order valence-electron chi connectivity index (χ1n) is 5.48. The highest BCUT2D eigenvalue weighted by Crippen LogP contribution is 2.23. The Labute approximate surface area is 85.8 Å². The molecule has 1 aliphatic carbocycles. The molecule has 0 saturated heterocycles. The number of carbonyl (C=O) groups is 1. The van der Waals surface area contributed by atoms with Gasteiger partial charge in [0.05, 0.1) is 25.7 Å². The van der Waals surface area contributed by atoms with E-state index < -0.39 is 0 Å². The number of esters is 1. The molecule has 0 N–H and O–H groups in total. The van der Waals surface area contributed by atoms with Gasteiger partial charge in [0.2, 0.25) is 0 Å². The molecule has 0 aromatic rings. The van der Waals surface area contributed by atoms with Gasteiger partial charge in [0.1, 0.15) is 0 Å². The van der Waals surface area contributed by atoms with Crippen LogP contribution in [-0.4, -0.2) is 25.3 Å². The fourth-order valence-corrected chi connectivity index (χ4v) is 1.85. The third-order valence-electron chi connectivity index (χ3n) is 2.76. The van der Waals surface area contributed by atoms with Crippen LogP contribution in [0.5, 0.6) is 0 Å². The fourth-order valence-electron chi connectivity index (χ4n) is 1.85. The van der Waals surface area contributed by atoms with Crippen LogP contribution < -0.4 is 0 Å². The quantitative estimate of drug-likeness (QED) is 0.639. The van der Waals surface area contributed by atoms with Crippen molar-refractivity contribution < 1.29 is 14.3 Å². The zero-order chi connectivity index (χ0) is 10.4. The summed E-state index contributed by atoms with van der Waals surface area (Å²) in [5.74, 6) is -0.171.